The summed E-state index contributed by atoms with van der Waals surface area (Å²) in [5.74, 6) is -1.02. The minimum atomic E-state index is -0.462. The number of aryl methyl sites for hydroxylation is 1. The third kappa shape index (κ3) is 5.73. The molecule has 2 rings (SSSR count). The molecule has 0 bridgehead atoms. The molecule has 0 saturated heterocycles. The molecule has 0 heterocycles. The van der Waals surface area contributed by atoms with Gasteiger partial charge >= 0.3 is 5.97 Å². The maximum atomic E-state index is 11.9. The quantitative estimate of drug-likeness (QED) is 0.809. The minimum Gasteiger partial charge on any atom is -0.455 e. The number of hydrogen-bond donors (Lipinski definition) is 1. The van der Waals surface area contributed by atoms with Crippen LogP contribution in [0.5, 0.6) is 0 Å². The van der Waals surface area contributed by atoms with E-state index in [4.69, 9.17) is 4.74 Å². The van der Waals surface area contributed by atoms with Gasteiger partial charge in [0, 0.05) is 25.3 Å². The van der Waals surface area contributed by atoms with Gasteiger partial charge in [-0.3, -0.25) is 14.4 Å². The van der Waals surface area contributed by atoms with Gasteiger partial charge in [-0.1, -0.05) is 29.8 Å². The van der Waals surface area contributed by atoms with Crippen LogP contribution in [-0.4, -0.2) is 43.4 Å². The number of carbonyl (C=O) groups is 3. The highest BCUT2D eigenvalue weighted by Crippen LogP contribution is 2.11. The van der Waals surface area contributed by atoms with Crippen LogP contribution < -0.4 is 5.32 Å². The van der Waals surface area contributed by atoms with Gasteiger partial charge in [0.15, 0.2) is 6.61 Å². The van der Waals surface area contributed by atoms with E-state index in [0.29, 0.717) is 11.3 Å². The predicted molar refractivity (Wildman–Crippen MR) is 98.9 cm³/mol. The minimum absolute atomic E-state index is 0.118. The lowest BCUT2D eigenvalue weighted by atomic mass is 10.1. The van der Waals surface area contributed by atoms with Crippen molar-refractivity contribution in [1.82, 2.24) is 4.90 Å². The molecule has 0 fully saturated rings. The molecule has 2 aromatic rings. The first-order valence-corrected chi connectivity index (χ1v) is 8.18. The molecule has 0 unspecified atom stereocenters. The Morgan fingerprint density at radius 3 is 2.15 bits per heavy atom. The van der Waals surface area contributed by atoms with Crippen LogP contribution in [0.25, 0.3) is 0 Å². The summed E-state index contributed by atoms with van der Waals surface area (Å²) in [4.78, 5) is 36.9. The lowest BCUT2D eigenvalue weighted by Crippen LogP contribution is -2.22. The van der Waals surface area contributed by atoms with Gasteiger partial charge in [0.2, 0.25) is 0 Å². The Morgan fingerprint density at radius 1 is 0.962 bits per heavy atom. The van der Waals surface area contributed by atoms with Gasteiger partial charge < -0.3 is 15.0 Å². The molecule has 26 heavy (non-hydrogen) atoms. The highest BCUT2D eigenvalue weighted by atomic mass is 16.5. The summed E-state index contributed by atoms with van der Waals surface area (Å²) in [5, 5.41) is 2.62. The second-order valence-electron chi connectivity index (χ2n) is 6.15. The van der Waals surface area contributed by atoms with Gasteiger partial charge in [-0.2, -0.15) is 0 Å². The molecule has 0 spiro atoms. The van der Waals surface area contributed by atoms with Crippen LogP contribution in [-0.2, 0) is 20.7 Å². The number of amides is 2. The smallest absolute Gasteiger partial charge is 0.310 e. The highest BCUT2D eigenvalue weighted by molar-refractivity contribution is 5.96. The molecule has 6 heteroatoms. The molecular weight excluding hydrogens is 332 g/mol. The first-order valence-electron chi connectivity index (χ1n) is 8.18. The standard InChI is InChI=1S/C20H22N2O4/c1-14-4-6-15(7-5-14)12-19(24)26-13-18(23)21-17-10-8-16(9-11-17)20(25)22(2)3/h4-11H,12-13H2,1-3H3,(H,21,23). The molecule has 2 amide bonds. The van der Waals surface area contributed by atoms with Crippen LogP contribution >= 0.6 is 0 Å². The lowest BCUT2D eigenvalue weighted by Gasteiger charge is -2.11. The number of benzene rings is 2. The summed E-state index contributed by atoms with van der Waals surface area (Å²) in [5.41, 5.74) is 3.00. The zero-order valence-electron chi connectivity index (χ0n) is 15.1. The van der Waals surface area contributed by atoms with Gasteiger partial charge in [0.1, 0.15) is 0 Å². The van der Waals surface area contributed by atoms with Crippen LogP contribution in [0.15, 0.2) is 48.5 Å². The first kappa shape index (κ1) is 19.2. The maximum Gasteiger partial charge on any atom is 0.310 e. The van der Waals surface area contributed by atoms with E-state index < -0.39 is 11.9 Å². The molecule has 0 saturated carbocycles. The number of anilines is 1. The molecule has 0 aliphatic carbocycles. The zero-order valence-corrected chi connectivity index (χ0v) is 15.1. The molecule has 6 nitrogen and oxygen atoms in total. The van der Waals surface area contributed by atoms with Crippen molar-refractivity contribution in [3.05, 3.63) is 65.2 Å². The van der Waals surface area contributed by atoms with E-state index in [-0.39, 0.29) is 18.9 Å². The fraction of sp³-hybridized carbons (Fsp3) is 0.250. The van der Waals surface area contributed by atoms with E-state index in [0.717, 1.165) is 11.1 Å². The van der Waals surface area contributed by atoms with Crippen molar-refractivity contribution in [3.63, 3.8) is 0 Å². The average Bonchev–Trinajstić information content (AvgIpc) is 2.62. The zero-order chi connectivity index (χ0) is 19.1. The summed E-state index contributed by atoms with van der Waals surface area (Å²) in [7, 11) is 3.34. The fourth-order valence-corrected chi connectivity index (χ4v) is 2.22. The number of carbonyl (C=O) groups excluding carboxylic acids is 3. The summed E-state index contributed by atoms with van der Waals surface area (Å²) in [6.45, 7) is 1.61. The van der Waals surface area contributed by atoms with E-state index in [1.165, 1.54) is 4.90 Å². The summed E-state index contributed by atoms with van der Waals surface area (Å²) in [6, 6.07) is 14.1. The van der Waals surface area contributed by atoms with Crippen molar-refractivity contribution in [2.75, 3.05) is 26.0 Å². The Morgan fingerprint density at radius 2 is 1.58 bits per heavy atom. The molecule has 1 N–H and O–H groups in total. The third-order valence-corrected chi connectivity index (χ3v) is 3.66. The Hall–Kier alpha value is -3.15. The number of rotatable bonds is 6. The lowest BCUT2D eigenvalue weighted by molar-refractivity contribution is -0.146. The molecule has 136 valence electrons. The van der Waals surface area contributed by atoms with Crippen molar-refractivity contribution in [2.24, 2.45) is 0 Å². The number of nitrogens with zero attached hydrogens (tertiary/aromatic N) is 1. The van der Waals surface area contributed by atoms with E-state index >= 15 is 0 Å². The van der Waals surface area contributed by atoms with Gasteiger partial charge in [-0.05, 0) is 36.8 Å². The Balaban J connectivity index is 1.80. The van der Waals surface area contributed by atoms with E-state index in [1.807, 2.05) is 31.2 Å². The fourth-order valence-electron chi connectivity index (χ4n) is 2.22. The number of esters is 1. The van der Waals surface area contributed by atoms with Crippen LogP contribution in [0, 0.1) is 6.92 Å². The number of hydrogen-bond acceptors (Lipinski definition) is 4. The van der Waals surface area contributed by atoms with E-state index in [2.05, 4.69) is 5.32 Å². The molecule has 0 aromatic heterocycles. The van der Waals surface area contributed by atoms with Gasteiger partial charge in [0.05, 0.1) is 6.42 Å². The second-order valence-corrected chi connectivity index (χ2v) is 6.15. The summed E-state index contributed by atoms with van der Waals surface area (Å²) < 4.78 is 4.99. The second kappa shape index (κ2) is 8.80. The molecule has 0 aliphatic rings. The van der Waals surface area contributed by atoms with Crippen molar-refractivity contribution >= 4 is 23.5 Å². The summed E-state index contributed by atoms with van der Waals surface area (Å²) in [6.07, 6.45) is 0.120. The number of nitrogens with one attached hydrogen (secondary N) is 1. The Bertz CT molecular complexity index is 780. The van der Waals surface area contributed by atoms with E-state index in [9.17, 15) is 14.4 Å². The van der Waals surface area contributed by atoms with Crippen molar-refractivity contribution in [3.8, 4) is 0 Å². The first-order chi connectivity index (χ1) is 12.3. The van der Waals surface area contributed by atoms with Gasteiger partial charge in [-0.15, -0.1) is 0 Å². The van der Waals surface area contributed by atoms with Crippen molar-refractivity contribution in [1.29, 1.82) is 0 Å². The Labute approximate surface area is 152 Å². The molecule has 0 aliphatic heterocycles. The van der Waals surface area contributed by atoms with Crippen LogP contribution in [0.3, 0.4) is 0 Å². The van der Waals surface area contributed by atoms with Crippen LogP contribution in [0.4, 0.5) is 5.69 Å². The maximum absolute atomic E-state index is 11.9. The average molecular weight is 354 g/mol. The van der Waals surface area contributed by atoms with E-state index in [1.54, 1.807) is 38.4 Å². The molecule has 0 atom stereocenters. The Kier molecular flexibility index (Phi) is 6.49. The highest BCUT2D eigenvalue weighted by Gasteiger charge is 2.10. The molecular formula is C20H22N2O4. The third-order valence-electron chi connectivity index (χ3n) is 3.66. The monoisotopic (exact) mass is 354 g/mol. The largest absolute Gasteiger partial charge is 0.455 e. The predicted octanol–water partition coefficient (Wildman–Crippen LogP) is 2.42. The SMILES string of the molecule is Cc1ccc(CC(=O)OCC(=O)Nc2ccc(C(=O)N(C)C)cc2)cc1. The molecule has 2 aromatic carbocycles. The summed E-state index contributed by atoms with van der Waals surface area (Å²) >= 11 is 0. The van der Waals surface area contributed by atoms with Crippen LogP contribution in [0.1, 0.15) is 21.5 Å². The molecule has 0 radical (unpaired) electrons. The number of ether oxygens (including phenoxy) is 1. The normalized spacial score (nSPS) is 10.1. The van der Waals surface area contributed by atoms with Gasteiger partial charge in [-0.25, -0.2) is 0 Å². The topological polar surface area (TPSA) is 75.7 Å². The van der Waals surface area contributed by atoms with Gasteiger partial charge in [0.25, 0.3) is 11.8 Å². The van der Waals surface area contributed by atoms with Crippen LogP contribution in [0.2, 0.25) is 0 Å². The van der Waals surface area contributed by atoms with Crippen molar-refractivity contribution in [2.45, 2.75) is 13.3 Å². The van der Waals surface area contributed by atoms with Crippen molar-refractivity contribution < 1.29 is 19.1 Å².